The molecular weight excluding hydrogens is 455 g/mol. The van der Waals surface area contributed by atoms with Crippen molar-refractivity contribution in [2.24, 2.45) is 0 Å². The fourth-order valence-electron chi connectivity index (χ4n) is 5.24. The molecule has 1 saturated heterocycles. The van der Waals surface area contributed by atoms with Gasteiger partial charge < -0.3 is 20.5 Å². The van der Waals surface area contributed by atoms with E-state index >= 15 is 0 Å². The van der Waals surface area contributed by atoms with Crippen LogP contribution in [0, 0.1) is 19.7 Å². The number of rotatable bonds is 7. The van der Waals surface area contributed by atoms with Gasteiger partial charge in [-0.25, -0.2) is 4.39 Å². The number of aryl methyl sites for hydroxylation is 1. The van der Waals surface area contributed by atoms with Crippen molar-refractivity contribution in [3.8, 4) is 11.1 Å². The molecule has 0 unspecified atom stereocenters. The predicted octanol–water partition coefficient (Wildman–Crippen LogP) is 4.68. The van der Waals surface area contributed by atoms with Gasteiger partial charge in [-0.2, -0.15) is 0 Å². The number of aromatic amines is 1. The molecule has 3 aromatic rings. The number of hydrogen-bond donors (Lipinski definition) is 3. The van der Waals surface area contributed by atoms with Crippen LogP contribution in [0.15, 0.2) is 42.5 Å². The van der Waals surface area contributed by atoms with Crippen LogP contribution in [0.5, 0.6) is 0 Å². The zero-order valence-electron chi connectivity index (χ0n) is 20.7. The second kappa shape index (κ2) is 10.1. The summed E-state index contributed by atoms with van der Waals surface area (Å²) < 4.78 is 13.9. The van der Waals surface area contributed by atoms with Crippen LogP contribution in [0.3, 0.4) is 0 Å². The Bertz CT molecular complexity index is 1350. The van der Waals surface area contributed by atoms with E-state index in [2.05, 4.69) is 20.5 Å². The third-order valence-electron chi connectivity index (χ3n) is 7.17. The van der Waals surface area contributed by atoms with Gasteiger partial charge in [-0.15, -0.1) is 0 Å². The van der Waals surface area contributed by atoms with Crippen molar-refractivity contribution in [2.45, 2.75) is 33.1 Å². The maximum absolute atomic E-state index is 13.9. The SMILES string of the molecule is Cc1[nH]c(/C=C2\C(=O)Nc3cccc(-c4cccc(F)c4)c32)c(C)c1CC(=O)NCCN1CCCC1. The number of H-pyrrole nitrogens is 1. The van der Waals surface area contributed by atoms with Crippen LogP contribution < -0.4 is 10.6 Å². The minimum Gasteiger partial charge on any atom is -0.359 e. The number of amides is 2. The largest absolute Gasteiger partial charge is 0.359 e. The summed E-state index contributed by atoms with van der Waals surface area (Å²) in [5.74, 6) is -0.537. The second-order valence-electron chi connectivity index (χ2n) is 9.59. The molecule has 36 heavy (non-hydrogen) atoms. The molecule has 3 heterocycles. The lowest BCUT2D eigenvalue weighted by atomic mass is 9.94. The Morgan fingerprint density at radius 2 is 1.92 bits per heavy atom. The molecule has 0 atom stereocenters. The number of hydrogen-bond acceptors (Lipinski definition) is 3. The van der Waals surface area contributed by atoms with Crippen LogP contribution in [0.25, 0.3) is 22.8 Å². The molecule has 6 nitrogen and oxygen atoms in total. The van der Waals surface area contributed by atoms with Gasteiger partial charge >= 0.3 is 0 Å². The molecule has 0 saturated carbocycles. The number of benzene rings is 2. The van der Waals surface area contributed by atoms with Gasteiger partial charge in [0.15, 0.2) is 0 Å². The first kappa shape index (κ1) is 24.0. The molecule has 1 aromatic heterocycles. The zero-order valence-corrected chi connectivity index (χ0v) is 20.7. The average molecular weight is 487 g/mol. The average Bonchev–Trinajstić information content (AvgIpc) is 3.55. The Morgan fingerprint density at radius 1 is 1.14 bits per heavy atom. The van der Waals surface area contributed by atoms with Gasteiger partial charge in [0.25, 0.3) is 5.91 Å². The standard InChI is InChI=1S/C29H31FN4O2/c1-18-23(17-27(35)31-11-14-34-12-3-4-13-34)19(2)32-26(18)16-24-28-22(20-7-5-8-21(30)15-20)9-6-10-25(28)33-29(24)36/h5-10,15-16,32H,3-4,11-14,17H2,1-2H3,(H,31,35)(H,33,36)/b24-16-. The third-order valence-corrected chi connectivity index (χ3v) is 7.17. The number of nitrogens with zero attached hydrogens (tertiary/aromatic N) is 1. The lowest BCUT2D eigenvalue weighted by molar-refractivity contribution is -0.120. The van der Waals surface area contributed by atoms with Gasteiger partial charge in [0.05, 0.1) is 12.0 Å². The van der Waals surface area contributed by atoms with Crippen LogP contribution in [-0.2, 0) is 16.0 Å². The van der Waals surface area contributed by atoms with Crippen LogP contribution >= 0.6 is 0 Å². The van der Waals surface area contributed by atoms with Gasteiger partial charge in [-0.1, -0.05) is 24.3 Å². The van der Waals surface area contributed by atoms with Gasteiger partial charge in [0, 0.05) is 35.7 Å². The van der Waals surface area contributed by atoms with E-state index in [4.69, 9.17) is 0 Å². The van der Waals surface area contributed by atoms with E-state index in [-0.39, 0.29) is 24.1 Å². The monoisotopic (exact) mass is 486 g/mol. The van der Waals surface area contributed by atoms with Crippen molar-refractivity contribution in [3.05, 3.63) is 76.4 Å². The normalized spacial score (nSPS) is 16.4. The third kappa shape index (κ3) is 4.84. The number of carbonyl (C=O) groups is 2. The topological polar surface area (TPSA) is 77.2 Å². The molecule has 2 aromatic carbocycles. The molecule has 0 spiro atoms. The first-order valence-corrected chi connectivity index (χ1v) is 12.5. The quantitative estimate of drug-likeness (QED) is 0.424. The highest BCUT2D eigenvalue weighted by molar-refractivity contribution is 6.36. The van der Waals surface area contributed by atoms with Crippen molar-refractivity contribution >= 4 is 29.2 Å². The number of nitrogens with one attached hydrogen (secondary N) is 3. The fraction of sp³-hybridized carbons (Fsp3) is 0.310. The Kier molecular flexibility index (Phi) is 6.74. The number of aromatic nitrogens is 1. The highest BCUT2D eigenvalue weighted by Crippen LogP contribution is 2.40. The molecule has 1 fully saturated rings. The molecule has 3 N–H and O–H groups in total. The molecule has 5 rings (SSSR count). The molecule has 186 valence electrons. The highest BCUT2D eigenvalue weighted by atomic mass is 19.1. The summed E-state index contributed by atoms with van der Waals surface area (Å²) in [5, 5.41) is 5.97. The van der Waals surface area contributed by atoms with Gasteiger partial charge in [-0.3, -0.25) is 9.59 Å². The van der Waals surface area contributed by atoms with Crippen LogP contribution in [0.2, 0.25) is 0 Å². The van der Waals surface area contributed by atoms with Crippen LogP contribution in [-0.4, -0.2) is 47.9 Å². The Morgan fingerprint density at radius 3 is 2.69 bits per heavy atom. The second-order valence-corrected chi connectivity index (χ2v) is 9.59. The zero-order chi connectivity index (χ0) is 25.2. The maximum Gasteiger partial charge on any atom is 0.256 e. The maximum atomic E-state index is 13.9. The Balaban J connectivity index is 1.39. The van der Waals surface area contributed by atoms with E-state index in [1.165, 1.54) is 25.0 Å². The summed E-state index contributed by atoms with van der Waals surface area (Å²) in [5.41, 5.74) is 7.04. The Labute approximate surface area is 210 Å². The molecule has 2 amide bonds. The van der Waals surface area contributed by atoms with Crippen LogP contribution in [0.4, 0.5) is 10.1 Å². The number of anilines is 1. The molecule has 0 radical (unpaired) electrons. The molecule has 7 heteroatoms. The lowest BCUT2D eigenvalue weighted by Gasteiger charge is -2.14. The number of halogens is 1. The van der Waals surface area contributed by atoms with Gasteiger partial charge in [-0.05, 0) is 86.3 Å². The van der Waals surface area contributed by atoms with Crippen molar-refractivity contribution in [2.75, 3.05) is 31.5 Å². The molecule has 0 bridgehead atoms. The number of carbonyl (C=O) groups excluding carboxylic acids is 2. The summed E-state index contributed by atoms with van der Waals surface area (Å²) in [7, 11) is 0. The van der Waals surface area contributed by atoms with E-state index in [0.717, 1.165) is 53.3 Å². The predicted molar refractivity (Wildman–Crippen MR) is 141 cm³/mol. The summed E-state index contributed by atoms with van der Waals surface area (Å²) in [6.07, 6.45) is 4.59. The minimum absolute atomic E-state index is 0.00375. The minimum atomic E-state index is -0.327. The van der Waals surface area contributed by atoms with Crippen molar-refractivity contribution in [3.63, 3.8) is 0 Å². The number of likely N-dealkylation sites (tertiary alicyclic amines) is 1. The van der Waals surface area contributed by atoms with Crippen molar-refractivity contribution < 1.29 is 14.0 Å². The summed E-state index contributed by atoms with van der Waals surface area (Å²) in [4.78, 5) is 31.3. The lowest BCUT2D eigenvalue weighted by Crippen LogP contribution is -2.34. The fourth-order valence-corrected chi connectivity index (χ4v) is 5.24. The van der Waals surface area contributed by atoms with Crippen molar-refractivity contribution in [1.82, 2.24) is 15.2 Å². The first-order chi connectivity index (χ1) is 17.4. The van der Waals surface area contributed by atoms with E-state index in [1.54, 1.807) is 6.07 Å². The van der Waals surface area contributed by atoms with E-state index in [1.807, 2.05) is 44.2 Å². The smallest absolute Gasteiger partial charge is 0.256 e. The van der Waals surface area contributed by atoms with Crippen molar-refractivity contribution in [1.29, 1.82) is 0 Å². The van der Waals surface area contributed by atoms with E-state index in [0.29, 0.717) is 23.4 Å². The molecular formula is C29H31FN4O2. The Hall–Kier alpha value is -3.71. The van der Waals surface area contributed by atoms with E-state index in [9.17, 15) is 14.0 Å². The van der Waals surface area contributed by atoms with Gasteiger partial charge in [0.2, 0.25) is 5.91 Å². The first-order valence-electron chi connectivity index (χ1n) is 12.5. The summed E-state index contributed by atoms with van der Waals surface area (Å²) >= 11 is 0. The van der Waals surface area contributed by atoms with Crippen LogP contribution in [0.1, 0.15) is 40.9 Å². The summed E-state index contributed by atoms with van der Waals surface area (Å²) in [6, 6.07) is 12.0. The van der Waals surface area contributed by atoms with Gasteiger partial charge in [0.1, 0.15) is 5.82 Å². The summed E-state index contributed by atoms with van der Waals surface area (Å²) in [6.45, 7) is 7.68. The molecule has 0 aliphatic carbocycles. The highest BCUT2D eigenvalue weighted by Gasteiger charge is 2.28. The van der Waals surface area contributed by atoms with E-state index < -0.39 is 0 Å². The number of fused-ring (bicyclic) bond motifs is 1. The molecule has 2 aliphatic rings. The molecule has 2 aliphatic heterocycles.